The summed E-state index contributed by atoms with van der Waals surface area (Å²) >= 11 is 0. The lowest BCUT2D eigenvalue weighted by atomic mass is 10.2. The molecule has 0 aliphatic heterocycles. The third-order valence-corrected chi connectivity index (χ3v) is 1.96. The molecule has 0 heterocycles. The van der Waals surface area contributed by atoms with Crippen molar-refractivity contribution in [2.75, 3.05) is 19.6 Å². The fraction of sp³-hybridized carbons (Fsp3) is 0.667. The van der Waals surface area contributed by atoms with E-state index in [1.807, 2.05) is 0 Å². The minimum Gasteiger partial charge on any atom is -0.281 e. The van der Waals surface area contributed by atoms with Crippen LogP contribution in [0.2, 0.25) is 0 Å². The molecule has 0 aliphatic carbocycles. The lowest BCUT2D eigenvalue weighted by Gasteiger charge is -2.15. The molecule has 0 aliphatic rings. The van der Waals surface area contributed by atoms with Crippen LogP contribution in [0.1, 0.15) is 32.6 Å². The maximum absolute atomic E-state index is 5.23. The Morgan fingerprint density at radius 3 is 2.08 bits per heavy atom. The van der Waals surface area contributed by atoms with Crippen LogP contribution in [0.15, 0.2) is 0 Å². The number of hydrogen-bond acceptors (Lipinski definition) is 1. The molecule has 13 heavy (non-hydrogen) atoms. The van der Waals surface area contributed by atoms with E-state index >= 15 is 0 Å². The molecule has 0 spiro atoms. The molecule has 72 valence electrons. The zero-order chi connectivity index (χ0) is 9.94. The van der Waals surface area contributed by atoms with Crippen LogP contribution >= 0.6 is 0 Å². The topological polar surface area (TPSA) is 3.24 Å². The summed E-state index contributed by atoms with van der Waals surface area (Å²) in [5.41, 5.74) is 0. The van der Waals surface area contributed by atoms with Crippen LogP contribution in [0, 0.1) is 24.7 Å². The maximum atomic E-state index is 5.23. The van der Waals surface area contributed by atoms with Crippen LogP contribution in [-0.2, 0) is 0 Å². The molecular formula is C12H19N. The number of rotatable bonds is 7. The molecule has 0 fully saturated rings. The first kappa shape index (κ1) is 12.1. The van der Waals surface area contributed by atoms with Crippen LogP contribution in [0.25, 0.3) is 0 Å². The lowest BCUT2D eigenvalue weighted by Crippen LogP contribution is -2.25. The molecule has 0 N–H and O–H groups in total. The fourth-order valence-electron chi connectivity index (χ4n) is 1.23. The van der Waals surface area contributed by atoms with Crippen molar-refractivity contribution in [1.29, 1.82) is 0 Å². The predicted molar refractivity (Wildman–Crippen MR) is 58.2 cm³/mol. The molecule has 0 saturated heterocycles. The summed E-state index contributed by atoms with van der Waals surface area (Å²) in [6.07, 6.45) is 15.5. The minimum atomic E-state index is 0.677. The van der Waals surface area contributed by atoms with Crippen LogP contribution in [-0.4, -0.2) is 24.5 Å². The summed E-state index contributed by atoms with van der Waals surface area (Å²) in [7, 11) is 0. The van der Waals surface area contributed by atoms with Crippen molar-refractivity contribution in [2.45, 2.75) is 32.6 Å². The fourth-order valence-corrected chi connectivity index (χ4v) is 1.23. The molecule has 0 aromatic heterocycles. The molecule has 0 rings (SSSR count). The highest BCUT2D eigenvalue weighted by molar-refractivity contribution is 4.94. The van der Waals surface area contributed by atoms with Gasteiger partial charge >= 0.3 is 0 Å². The average molecular weight is 177 g/mol. The molecule has 1 nitrogen and oxygen atoms in total. The number of hydrogen-bond donors (Lipinski definition) is 0. The van der Waals surface area contributed by atoms with Crippen LogP contribution in [0.3, 0.4) is 0 Å². The standard InChI is InChI=1S/C12H19N/c1-4-7-8-9-12-13(10-5-2)11-6-3/h2-3H,4,7-12H2,1H3. The SMILES string of the molecule is C#CCN(CC#C)CCCCCC. The number of terminal acetylenes is 2. The van der Waals surface area contributed by atoms with Crippen molar-refractivity contribution >= 4 is 0 Å². The molecule has 0 amide bonds. The highest BCUT2D eigenvalue weighted by Crippen LogP contribution is 2.00. The van der Waals surface area contributed by atoms with Gasteiger partial charge in [-0.05, 0) is 6.42 Å². The monoisotopic (exact) mass is 177 g/mol. The molecule has 1 heteroatoms. The summed E-state index contributed by atoms with van der Waals surface area (Å²) in [6.45, 7) is 4.60. The van der Waals surface area contributed by atoms with Gasteiger partial charge in [0, 0.05) is 6.54 Å². The Kier molecular flexibility index (Phi) is 8.52. The highest BCUT2D eigenvalue weighted by atomic mass is 15.1. The van der Waals surface area contributed by atoms with Gasteiger partial charge in [0.1, 0.15) is 0 Å². The first-order valence-corrected chi connectivity index (χ1v) is 4.94. The van der Waals surface area contributed by atoms with E-state index in [4.69, 9.17) is 12.8 Å². The predicted octanol–water partition coefficient (Wildman–Crippen LogP) is 2.14. The molecule has 0 saturated carbocycles. The van der Waals surface area contributed by atoms with E-state index in [1.54, 1.807) is 0 Å². The molecule has 0 bridgehead atoms. The summed E-state index contributed by atoms with van der Waals surface area (Å²) in [4.78, 5) is 2.13. The Bertz CT molecular complexity index is 166. The summed E-state index contributed by atoms with van der Waals surface area (Å²) in [5, 5.41) is 0. The van der Waals surface area contributed by atoms with Crippen LogP contribution in [0.4, 0.5) is 0 Å². The Balaban J connectivity index is 3.47. The van der Waals surface area contributed by atoms with Gasteiger partial charge in [0.15, 0.2) is 0 Å². The third-order valence-electron chi connectivity index (χ3n) is 1.96. The van der Waals surface area contributed by atoms with Gasteiger partial charge in [-0.25, -0.2) is 0 Å². The molecule has 0 aromatic rings. The second kappa shape index (κ2) is 9.17. The second-order valence-corrected chi connectivity index (χ2v) is 3.18. The summed E-state index contributed by atoms with van der Waals surface area (Å²) in [5.74, 6) is 5.25. The third kappa shape index (κ3) is 7.44. The molecular weight excluding hydrogens is 158 g/mol. The van der Waals surface area contributed by atoms with Crippen molar-refractivity contribution in [3.8, 4) is 24.7 Å². The smallest absolute Gasteiger partial charge is 0.0607 e. The van der Waals surface area contributed by atoms with Crippen molar-refractivity contribution in [1.82, 2.24) is 4.90 Å². The zero-order valence-corrected chi connectivity index (χ0v) is 8.55. The molecule has 0 atom stereocenters. The van der Waals surface area contributed by atoms with E-state index in [2.05, 4.69) is 23.7 Å². The quantitative estimate of drug-likeness (QED) is 0.425. The first-order valence-electron chi connectivity index (χ1n) is 4.94. The van der Waals surface area contributed by atoms with Crippen LogP contribution < -0.4 is 0 Å². The van der Waals surface area contributed by atoms with Gasteiger partial charge in [0.2, 0.25) is 0 Å². The van der Waals surface area contributed by atoms with Gasteiger partial charge in [-0.15, -0.1) is 12.8 Å². The van der Waals surface area contributed by atoms with Gasteiger partial charge in [-0.2, -0.15) is 0 Å². The van der Waals surface area contributed by atoms with Gasteiger partial charge < -0.3 is 0 Å². The summed E-state index contributed by atoms with van der Waals surface area (Å²) < 4.78 is 0. The maximum Gasteiger partial charge on any atom is 0.0607 e. The highest BCUT2D eigenvalue weighted by Gasteiger charge is 1.99. The Morgan fingerprint density at radius 1 is 1.00 bits per heavy atom. The van der Waals surface area contributed by atoms with Crippen LogP contribution in [0.5, 0.6) is 0 Å². The Labute approximate surface area is 82.5 Å². The van der Waals surface area contributed by atoms with E-state index in [9.17, 15) is 0 Å². The van der Waals surface area contributed by atoms with E-state index in [0.717, 1.165) is 6.54 Å². The van der Waals surface area contributed by atoms with Crippen molar-refractivity contribution in [3.05, 3.63) is 0 Å². The first-order chi connectivity index (χ1) is 6.35. The number of nitrogens with zero attached hydrogens (tertiary/aromatic N) is 1. The van der Waals surface area contributed by atoms with Gasteiger partial charge in [-0.3, -0.25) is 4.90 Å². The van der Waals surface area contributed by atoms with E-state index in [1.165, 1.54) is 25.7 Å². The lowest BCUT2D eigenvalue weighted by molar-refractivity contribution is 0.334. The number of unbranched alkanes of at least 4 members (excludes halogenated alkanes) is 3. The molecule has 0 unspecified atom stereocenters. The van der Waals surface area contributed by atoms with E-state index < -0.39 is 0 Å². The van der Waals surface area contributed by atoms with Gasteiger partial charge in [0.05, 0.1) is 13.1 Å². The zero-order valence-electron chi connectivity index (χ0n) is 8.55. The molecule has 0 aromatic carbocycles. The van der Waals surface area contributed by atoms with Gasteiger partial charge in [-0.1, -0.05) is 38.0 Å². The van der Waals surface area contributed by atoms with Gasteiger partial charge in [0.25, 0.3) is 0 Å². The van der Waals surface area contributed by atoms with Crippen molar-refractivity contribution in [2.24, 2.45) is 0 Å². The largest absolute Gasteiger partial charge is 0.281 e. The van der Waals surface area contributed by atoms with E-state index in [0.29, 0.717) is 13.1 Å². The summed E-state index contributed by atoms with van der Waals surface area (Å²) in [6, 6.07) is 0. The second-order valence-electron chi connectivity index (χ2n) is 3.18. The minimum absolute atomic E-state index is 0.677. The molecule has 0 radical (unpaired) electrons. The average Bonchev–Trinajstić information content (AvgIpc) is 2.13. The van der Waals surface area contributed by atoms with E-state index in [-0.39, 0.29) is 0 Å². The normalized spacial score (nSPS) is 9.54. The Morgan fingerprint density at radius 2 is 1.62 bits per heavy atom. The Hall–Kier alpha value is -0.920. The van der Waals surface area contributed by atoms with Crippen molar-refractivity contribution < 1.29 is 0 Å². The van der Waals surface area contributed by atoms with Crippen molar-refractivity contribution in [3.63, 3.8) is 0 Å².